The van der Waals surface area contributed by atoms with Crippen LogP contribution in [-0.4, -0.2) is 19.8 Å². The third kappa shape index (κ3) is 4.77. The van der Waals surface area contributed by atoms with E-state index in [1.54, 1.807) is 0 Å². The molecular formula is C20H28O2Si. The molecule has 3 heteroatoms. The number of rotatable bonds is 4. The molecule has 0 atom stereocenters. The summed E-state index contributed by atoms with van der Waals surface area (Å²) in [6, 6.07) is 20.8. The summed E-state index contributed by atoms with van der Waals surface area (Å²) >= 11 is 0. The highest BCUT2D eigenvalue weighted by atomic mass is 28.4. The van der Waals surface area contributed by atoms with Crippen molar-refractivity contribution in [1.82, 2.24) is 0 Å². The van der Waals surface area contributed by atoms with Crippen LogP contribution in [0.25, 0.3) is 0 Å². The van der Waals surface area contributed by atoms with Crippen molar-refractivity contribution in [2.75, 3.05) is 0 Å². The highest BCUT2D eigenvalue weighted by Crippen LogP contribution is 2.24. The Labute approximate surface area is 141 Å². The first-order valence-electron chi connectivity index (χ1n) is 8.14. The molecule has 0 heterocycles. The first-order chi connectivity index (χ1) is 10.6. The molecular weight excluding hydrogens is 300 g/mol. The molecule has 0 spiro atoms. The van der Waals surface area contributed by atoms with Crippen LogP contribution in [0.2, 0.25) is 0 Å². The van der Waals surface area contributed by atoms with Crippen molar-refractivity contribution in [2.45, 2.75) is 52.7 Å². The van der Waals surface area contributed by atoms with Crippen LogP contribution in [0.3, 0.4) is 0 Å². The second-order valence-electron chi connectivity index (χ2n) is 7.78. The van der Waals surface area contributed by atoms with Gasteiger partial charge in [0.25, 0.3) is 0 Å². The minimum Gasteiger partial charge on any atom is -0.383 e. The molecule has 0 saturated heterocycles. The van der Waals surface area contributed by atoms with E-state index < -0.39 is 8.56 Å². The first-order valence-corrected chi connectivity index (χ1v) is 9.95. The van der Waals surface area contributed by atoms with Gasteiger partial charge in [-0.25, -0.2) is 0 Å². The lowest BCUT2D eigenvalue weighted by molar-refractivity contribution is 0.0296. The Hall–Kier alpha value is -1.42. The van der Waals surface area contributed by atoms with Gasteiger partial charge in [0.15, 0.2) is 0 Å². The van der Waals surface area contributed by atoms with Gasteiger partial charge in [0.05, 0.1) is 11.2 Å². The number of benzene rings is 2. The summed E-state index contributed by atoms with van der Waals surface area (Å²) in [5.41, 5.74) is -0.605. The van der Waals surface area contributed by atoms with Crippen molar-refractivity contribution in [3.8, 4) is 0 Å². The van der Waals surface area contributed by atoms with Crippen LogP contribution in [0, 0.1) is 0 Å². The summed E-state index contributed by atoms with van der Waals surface area (Å²) < 4.78 is 13.4. The molecule has 124 valence electrons. The Bertz CT molecular complexity index is 552. The van der Waals surface area contributed by atoms with E-state index in [0.29, 0.717) is 0 Å². The molecule has 0 aromatic heterocycles. The fraction of sp³-hybridized carbons (Fsp3) is 0.400. The molecule has 0 aliphatic carbocycles. The largest absolute Gasteiger partial charge is 0.407 e. The van der Waals surface area contributed by atoms with E-state index in [2.05, 4.69) is 90.1 Å². The maximum absolute atomic E-state index is 6.69. The van der Waals surface area contributed by atoms with Gasteiger partial charge in [-0.3, -0.25) is 0 Å². The molecule has 0 amide bonds. The quantitative estimate of drug-likeness (QED) is 0.793. The predicted octanol–water partition coefficient (Wildman–Crippen LogP) is 3.87. The van der Waals surface area contributed by atoms with E-state index in [9.17, 15) is 0 Å². The number of hydrogen-bond acceptors (Lipinski definition) is 2. The van der Waals surface area contributed by atoms with Crippen LogP contribution in [0.15, 0.2) is 60.7 Å². The van der Waals surface area contributed by atoms with Gasteiger partial charge >= 0.3 is 8.56 Å². The summed E-state index contributed by atoms with van der Waals surface area (Å²) in [6.07, 6.45) is 0. The first kappa shape index (κ1) is 17.9. The zero-order chi connectivity index (χ0) is 17.1. The average Bonchev–Trinajstić information content (AvgIpc) is 2.45. The fourth-order valence-corrected chi connectivity index (χ4v) is 6.43. The standard InChI is InChI=1S/C20H28O2Si/c1-19(2,3)21-23(22-20(4,5)6,17-13-9-7-10-14-17)18-15-11-8-12-16-18/h7-16H,1-6H3. The zero-order valence-electron chi connectivity index (χ0n) is 15.1. The number of hydrogen-bond donors (Lipinski definition) is 0. The van der Waals surface area contributed by atoms with Crippen molar-refractivity contribution in [3.63, 3.8) is 0 Å². The fourth-order valence-electron chi connectivity index (χ4n) is 2.60. The van der Waals surface area contributed by atoms with Crippen molar-refractivity contribution < 1.29 is 8.85 Å². The molecule has 0 fully saturated rings. The maximum atomic E-state index is 6.69. The van der Waals surface area contributed by atoms with Gasteiger partial charge in [-0.2, -0.15) is 0 Å². The van der Waals surface area contributed by atoms with Crippen LogP contribution < -0.4 is 10.4 Å². The van der Waals surface area contributed by atoms with Crippen LogP contribution in [0.5, 0.6) is 0 Å². The summed E-state index contributed by atoms with van der Waals surface area (Å²) in [7, 11) is -2.82. The lowest BCUT2D eigenvalue weighted by Crippen LogP contribution is -2.68. The Morgan fingerprint density at radius 1 is 0.565 bits per heavy atom. The van der Waals surface area contributed by atoms with Crippen LogP contribution in [0.1, 0.15) is 41.5 Å². The Balaban J connectivity index is 2.68. The Morgan fingerprint density at radius 2 is 0.870 bits per heavy atom. The van der Waals surface area contributed by atoms with Gasteiger partial charge in [-0.05, 0) is 51.9 Å². The average molecular weight is 329 g/mol. The lowest BCUT2D eigenvalue weighted by Gasteiger charge is -2.41. The van der Waals surface area contributed by atoms with E-state index in [0.717, 1.165) is 10.4 Å². The SMILES string of the molecule is CC(C)(C)O[Si](OC(C)(C)C)(c1ccccc1)c1ccccc1. The van der Waals surface area contributed by atoms with E-state index in [1.807, 2.05) is 12.1 Å². The summed E-state index contributed by atoms with van der Waals surface area (Å²) in [6.45, 7) is 12.5. The van der Waals surface area contributed by atoms with Crippen molar-refractivity contribution in [3.05, 3.63) is 60.7 Å². The van der Waals surface area contributed by atoms with E-state index in [1.165, 1.54) is 0 Å². The minimum absolute atomic E-state index is 0.302. The molecule has 2 rings (SSSR count). The van der Waals surface area contributed by atoms with E-state index >= 15 is 0 Å². The second kappa shape index (κ2) is 6.60. The molecule has 0 saturated carbocycles. The third-order valence-electron chi connectivity index (χ3n) is 3.21. The van der Waals surface area contributed by atoms with Gasteiger partial charge in [0.2, 0.25) is 0 Å². The van der Waals surface area contributed by atoms with E-state index in [4.69, 9.17) is 8.85 Å². The zero-order valence-corrected chi connectivity index (χ0v) is 16.1. The molecule has 2 aromatic rings. The monoisotopic (exact) mass is 328 g/mol. The topological polar surface area (TPSA) is 18.5 Å². The predicted molar refractivity (Wildman–Crippen MR) is 99.6 cm³/mol. The Morgan fingerprint density at radius 3 is 1.13 bits per heavy atom. The summed E-state index contributed by atoms with van der Waals surface area (Å²) in [5.74, 6) is 0. The van der Waals surface area contributed by atoms with E-state index in [-0.39, 0.29) is 11.2 Å². The lowest BCUT2D eigenvalue weighted by atomic mass is 10.2. The van der Waals surface area contributed by atoms with Crippen LogP contribution in [0.4, 0.5) is 0 Å². The van der Waals surface area contributed by atoms with Gasteiger partial charge in [-0.15, -0.1) is 0 Å². The molecule has 0 aliphatic heterocycles. The second-order valence-corrected chi connectivity index (χ2v) is 10.6. The van der Waals surface area contributed by atoms with Gasteiger partial charge in [0, 0.05) is 0 Å². The summed E-state index contributed by atoms with van der Waals surface area (Å²) in [5, 5.41) is 2.27. The molecule has 0 unspecified atom stereocenters. The highest BCUT2D eigenvalue weighted by Gasteiger charge is 2.48. The molecule has 0 aliphatic rings. The smallest absolute Gasteiger partial charge is 0.383 e. The molecule has 2 nitrogen and oxygen atoms in total. The van der Waals surface area contributed by atoms with Crippen molar-refractivity contribution in [1.29, 1.82) is 0 Å². The molecule has 0 N–H and O–H groups in total. The minimum atomic E-state index is -2.82. The third-order valence-corrected chi connectivity index (χ3v) is 7.19. The van der Waals surface area contributed by atoms with Crippen LogP contribution in [-0.2, 0) is 8.85 Å². The van der Waals surface area contributed by atoms with Crippen molar-refractivity contribution >= 4 is 18.9 Å². The van der Waals surface area contributed by atoms with Crippen molar-refractivity contribution in [2.24, 2.45) is 0 Å². The Kier molecular flexibility index (Phi) is 5.14. The van der Waals surface area contributed by atoms with Crippen LogP contribution >= 0.6 is 0 Å². The molecule has 0 bridgehead atoms. The normalized spacial score (nSPS) is 13.1. The molecule has 2 aromatic carbocycles. The van der Waals surface area contributed by atoms with Gasteiger partial charge in [-0.1, -0.05) is 60.7 Å². The molecule has 0 radical (unpaired) electrons. The van der Waals surface area contributed by atoms with Gasteiger partial charge in [0.1, 0.15) is 0 Å². The molecule has 23 heavy (non-hydrogen) atoms. The highest BCUT2D eigenvalue weighted by molar-refractivity contribution is 6.92. The van der Waals surface area contributed by atoms with Gasteiger partial charge < -0.3 is 8.85 Å². The summed E-state index contributed by atoms with van der Waals surface area (Å²) in [4.78, 5) is 0. The maximum Gasteiger partial charge on any atom is 0.407 e.